The van der Waals surface area contributed by atoms with Gasteiger partial charge in [0.05, 0.1) is 0 Å². The summed E-state index contributed by atoms with van der Waals surface area (Å²) >= 11 is 0. The van der Waals surface area contributed by atoms with E-state index in [2.05, 4.69) is 38.0 Å². The van der Waals surface area contributed by atoms with Crippen molar-refractivity contribution < 1.29 is 0 Å². The van der Waals surface area contributed by atoms with Gasteiger partial charge in [0.25, 0.3) is 0 Å². The van der Waals surface area contributed by atoms with Crippen molar-refractivity contribution >= 4 is 0 Å². The van der Waals surface area contributed by atoms with Crippen LogP contribution in [-0.2, 0) is 0 Å². The van der Waals surface area contributed by atoms with Crippen LogP contribution in [0.2, 0.25) is 0 Å². The molecule has 0 spiro atoms. The summed E-state index contributed by atoms with van der Waals surface area (Å²) in [6.45, 7) is 12.2. The van der Waals surface area contributed by atoms with Crippen LogP contribution in [0.15, 0.2) is 0 Å². The molecule has 0 aromatic heterocycles. The van der Waals surface area contributed by atoms with Gasteiger partial charge in [0.15, 0.2) is 0 Å². The van der Waals surface area contributed by atoms with Gasteiger partial charge in [-0.05, 0) is 74.3 Å². The lowest BCUT2D eigenvalue weighted by Crippen LogP contribution is -2.57. The van der Waals surface area contributed by atoms with Gasteiger partial charge in [-0.15, -0.1) is 0 Å². The molecule has 4 saturated carbocycles. The Labute approximate surface area is 125 Å². The average Bonchev–Trinajstić information content (AvgIpc) is 2.29. The van der Waals surface area contributed by atoms with Gasteiger partial charge in [0.1, 0.15) is 0 Å². The van der Waals surface area contributed by atoms with Crippen molar-refractivity contribution in [2.24, 2.45) is 22.2 Å². The number of likely N-dealkylation sites (N-methyl/N-ethyl adjacent to an activating group) is 1. The molecule has 116 valence electrons. The van der Waals surface area contributed by atoms with Gasteiger partial charge in [0.2, 0.25) is 0 Å². The minimum absolute atomic E-state index is 0.633. The monoisotopic (exact) mass is 278 g/mol. The van der Waals surface area contributed by atoms with E-state index in [-0.39, 0.29) is 0 Å². The molecule has 0 aromatic rings. The van der Waals surface area contributed by atoms with Crippen molar-refractivity contribution in [3.05, 3.63) is 0 Å². The zero-order valence-corrected chi connectivity index (χ0v) is 14.1. The summed E-state index contributed by atoms with van der Waals surface area (Å²) in [4.78, 5) is 2.40. The lowest BCUT2D eigenvalue weighted by Gasteiger charge is -2.65. The predicted octanol–water partition coefficient (Wildman–Crippen LogP) is 3.52. The van der Waals surface area contributed by atoms with Crippen molar-refractivity contribution in [2.75, 3.05) is 33.2 Å². The molecule has 4 fully saturated rings. The van der Waals surface area contributed by atoms with Gasteiger partial charge in [-0.25, -0.2) is 0 Å². The zero-order chi connectivity index (χ0) is 14.4. The first-order valence-corrected chi connectivity index (χ1v) is 8.75. The van der Waals surface area contributed by atoms with Crippen molar-refractivity contribution in [2.45, 2.75) is 59.3 Å². The molecule has 2 unspecified atom stereocenters. The van der Waals surface area contributed by atoms with Gasteiger partial charge in [-0.2, -0.15) is 0 Å². The number of hydrogen-bond donors (Lipinski definition) is 1. The summed E-state index contributed by atoms with van der Waals surface area (Å²) in [6.07, 6.45) is 9.02. The number of nitrogens with zero attached hydrogens (tertiary/aromatic N) is 1. The first-order valence-electron chi connectivity index (χ1n) is 8.75. The third kappa shape index (κ3) is 2.78. The number of hydrogen-bond acceptors (Lipinski definition) is 2. The van der Waals surface area contributed by atoms with Crippen LogP contribution in [0.25, 0.3) is 0 Å². The molecule has 0 radical (unpaired) electrons. The fraction of sp³-hybridized carbons (Fsp3) is 1.00. The van der Waals surface area contributed by atoms with Crippen LogP contribution in [0.4, 0.5) is 0 Å². The third-order valence-electron chi connectivity index (χ3n) is 6.45. The highest BCUT2D eigenvalue weighted by Gasteiger charge is 2.59. The Hall–Kier alpha value is -0.0800. The quantitative estimate of drug-likeness (QED) is 0.748. The Bertz CT molecular complexity index is 346. The highest BCUT2D eigenvalue weighted by Crippen LogP contribution is 2.69. The largest absolute Gasteiger partial charge is 0.315 e. The molecule has 4 aliphatic rings. The highest BCUT2D eigenvalue weighted by atomic mass is 15.1. The summed E-state index contributed by atoms with van der Waals surface area (Å²) in [5.74, 6) is 1.03. The van der Waals surface area contributed by atoms with Crippen molar-refractivity contribution in [1.82, 2.24) is 10.2 Å². The van der Waals surface area contributed by atoms with E-state index in [1.807, 2.05) is 0 Å². The SMILES string of the molecule is CCN(C)CCNCC12CC3CC(C)(CC(C)(C3)C1)C2. The lowest BCUT2D eigenvalue weighted by molar-refractivity contribution is -0.143. The topological polar surface area (TPSA) is 15.3 Å². The van der Waals surface area contributed by atoms with Crippen LogP contribution in [0, 0.1) is 22.2 Å². The molecule has 0 aliphatic heterocycles. The summed E-state index contributed by atoms with van der Waals surface area (Å²) in [6, 6.07) is 0. The molecule has 2 heteroatoms. The predicted molar refractivity (Wildman–Crippen MR) is 85.9 cm³/mol. The minimum Gasteiger partial charge on any atom is -0.315 e. The molecule has 1 N–H and O–H groups in total. The van der Waals surface area contributed by atoms with Crippen molar-refractivity contribution in [3.63, 3.8) is 0 Å². The maximum Gasteiger partial charge on any atom is 0.0104 e. The van der Waals surface area contributed by atoms with Crippen LogP contribution in [0.3, 0.4) is 0 Å². The van der Waals surface area contributed by atoms with Gasteiger partial charge < -0.3 is 10.2 Å². The van der Waals surface area contributed by atoms with Crippen LogP contribution >= 0.6 is 0 Å². The van der Waals surface area contributed by atoms with E-state index in [9.17, 15) is 0 Å². The molecular weight excluding hydrogens is 244 g/mol. The standard InChI is InChI=1S/C18H34N2/c1-5-20(4)7-6-19-14-18-10-15-8-16(2,12-18)11-17(3,9-15)13-18/h15,19H,5-14H2,1-4H3. The van der Waals surface area contributed by atoms with Crippen LogP contribution in [0.5, 0.6) is 0 Å². The van der Waals surface area contributed by atoms with Crippen LogP contribution in [0.1, 0.15) is 59.3 Å². The number of nitrogens with one attached hydrogen (secondary N) is 1. The average molecular weight is 278 g/mol. The molecule has 4 rings (SSSR count). The Morgan fingerprint density at radius 2 is 1.70 bits per heavy atom. The zero-order valence-electron chi connectivity index (χ0n) is 14.1. The fourth-order valence-corrected chi connectivity index (χ4v) is 6.66. The maximum absolute atomic E-state index is 3.80. The molecule has 0 saturated heterocycles. The highest BCUT2D eigenvalue weighted by molar-refractivity contribution is 5.10. The Kier molecular flexibility index (Phi) is 3.70. The number of rotatable bonds is 6. The first-order chi connectivity index (χ1) is 9.36. The smallest absolute Gasteiger partial charge is 0.0104 e. The van der Waals surface area contributed by atoms with Gasteiger partial charge in [-0.1, -0.05) is 20.8 Å². The molecule has 2 nitrogen and oxygen atoms in total. The van der Waals surface area contributed by atoms with Gasteiger partial charge in [-0.3, -0.25) is 0 Å². The summed E-state index contributed by atoms with van der Waals surface area (Å²) in [5.41, 5.74) is 1.96. The summed E-state index contributed by atoms with van der Waals surface area (Å²) < 4.78 is 0. The lowest BCUT2D eigenvalue weighted by atomic mass is 9.40. The Balaban J connectivity index is 1.59. The van der Waals surface area contributed by atoms with E-state index >= 15 is 0 Å². The normalized spacial score (nSPS) is 46.4. The van der Waals surface area contributed by atoms with Gasteiger partial charge in [0, 0.05) is 19.6 Å². The summed E-state index contributed by atoms with van der Waals surface area (Å²) in [5, 5.41) is 3.80. The van der Waals surface area contributed by atoms with Crippen molar-refractivity contribution in [3.8, 4) is 0 Å². The van der Waals surface area contributed by atoms with E-state index in [1.165, 1.54) is 51.6 Å². The molecule has 0 heterocycles. The van der Waals surface area contributed by atoms with E-state index in [4.69, 9.17) is 0 Å². The van der Waals surface area contributed by atoms with E-state index in [0.29, 0.717) is 16.2 Å². The van der Waals surface area contributed by atoms with E-state index in [1.54, 1.807) is 0 Å². The maximum atomic E-state index is 3.80. The molecule has 4 bridgehead atoms. The molecule has 4 aliphatic carbocycles. The van der Waals surface area contributed by atoms with E-state index in [0.717, 1.165) is 19.0 Å². The molecule has 0 amide bonds. The second kappa shape index (κ2) is 4.98. The Morgan fingerprint density at radius 1 is 1.05 bits per heavy atom. The van der Waals surface area contributed by atoms with Gasteiger partial charge >= 0.3 is 0 Å². The minimum atomic E-state index is 0.633. The second-order valence-electron chi connectivity index (χ2n) is 9.20. The molecular formula is C18H34N2. The van der Waals surface area contributed by atoms with Crippen molar-refractivity contribution in [1.29, 1.82) is 0 Å². The van der Waals surface area contributed by atoms with Crippen LogP contribution < -0.4 is 5.32 Å². The molecule has 20 heavy (non-hydrogen) atoms. The molecule has 0 aromatic carbocycles. The van der Waals surface area contributed by atoms with Crippen LogP contribution in [-0.4, -0.2) is 38.1 Å². The first kappa shape index (κ1) is 14.8. The second-order valence-corrected chi connectivity index (χ2v) is 9.20. The molecule has 2 atom stereocenters. The summed E-state index contributed by atoms with van der Waals surface area (Å²) in [7, 11) is 2.22. The third-order valence-corrected chi connectivity index (χ3v) is 6.45. The fourth-order valence-electron chi connectivity index (χ4n) is 6.66. The Morgan fingerprint density at radius 3 is 2.25 bits per heavy atom. The van der Waals surface area contributed by atoms with E-state index < -0.39 is 0 Å².